The maximum atomic E-state index is 5.25. The van der Waals surface area contributed by atoms with Crippen LogP contribution in [-0.2, 0) is 0 Å². The Labute approximate surface area is 359 Å². The van der Waals surface area contributed by atoms with Gasteiger partial charge in [-0.05, 0) is 86.0 Å². The normalized spacial score (nSPS) is 11.3. The fraction of sp³-hybridized carbons (Fsp3) is 0. The lowest BCUT2D eigenvalue weighted by molar-refractivity contribution is 1.08. The number of aromatic nitrogens is 3. The molecule has 61 heavy (non-hydrogen) atoms. The predicted molar refractivity (Wildman–Crippen MR) is 256 cm³/mol. The number of nitrogens with zero attached hydrogens (tertiary/aromatic N) is 3. The van der Waals surface area contributed by atoms with E-state index in [1.165, 1.54) is 53.7 Å². The second kappa shape index (κ2) is 15.8. The highest BCUT2D eigenvalue weighted by atomic mass is 32.1. The molecule has 0 amide bonds. The summed E-state index contributed by atoms with van der Waals surface area (Å²) in [4.78, 5) is 15.5. The van der Waals surface area contributed by atoms with Crippen molar-refractivity contribution in [2.75, 3.05) is 0 Å². The largest absolute Gasteiger partial charge is 0.208 e. The van der Waals surface area contributed by atoms with Crippen LogP contribution < -0.4 is 0 Å². The van der Waals surface area contributed by atoms with E-state index in [-0.39, 0.29) is 0 Å². The second-order valence-electron chi connectivity index (χ2n) is 15.2. The van der Waals surface area contributed by atoms with Gasteiger partial charge in [0.05, 0.1) is 0 Å². The van der Waals surface area contributed by atoms with Crippen molar-refractivity contribution in [1.82, 2.24) is 15.0 Å². The van der Waals surface area contributed by atoms with Crippen molar-refractivity contribution < 1.29 is 0 Å². The van der Waals surface area contributed by atoms with Crippen molar-refractivity contribution in [3.8, 4) is 89.8 Å². The van der Waals surface area contributed by atoms with Crippen molar-refractivity contribution >= 4 is 31.5 Å². The van der Waals surface area contributed by atoms with Crippen molar-refractivity contribution in [1.29, 1.82) is 0 Å². The summed E-state index contributed by atoms with van der Waals surface area (Å²) in [5, 5.41) is 2.33. The molecule has 0 aliphatic rings. The molecule has 0 spiro atoms. The first-order chi connectivity index (χ1) is 30.2. The van der Waals surface area contributed by atoms with Gasteiger partial charge in [-0.1, -0.05) is 194 Å². The summed E-state index contributed by atoms with van der Waals surface area (Å²) in [6.07, 6.45) is 0. The third kappa shape index (κ3) is 7.09. The summed E-state index contributed by atoms with van der Waals surface area (Å²) in [6.45, 7) is 0. The van der Waals surface area contributed by atoms with Gasteiger partial charge < -0.3 is 0 Å². The minimum Gasteiger partial charge on any atom is -0.208 e. The Morgan fingerprint density at radius 1 is 0.246 bits per heavy atom. The molecule has 0 fully saturated rings. The van der Waals surface area contributed by atoms with Crippen LogP contribution in [0.4, 0.5) is 0 Å². The first kappa shape index (κ1) is 36.3. The number of hydrogen-bond donors (Lipinski definition) is 0. The van der Waals surface area contributed by atoms with Gasteiger partial charge in [0.1, 0.15) is 0 Å². The summed E-state index contributed by atoms with van der Waals surface area (Å²) in [5.74, 6) is 1.93. The van der Waals surface area contributed by atoms with Crippen LogP contribution in [0.2, 0.25) is 0 Å². The van der Waals surface area contributed by atoms with Gasteiger partial charge in [0, 0.05) is 36.9 Å². The molecular formula is C57H37N3S. The summed E-state index contributed by atoms with van der Waals surface area (Å²) in [5.41, 5.74) is 14.6. The van der Waals surface area contributed by atoms with Crippen LogP contribution >= 0.6 is 11.3 Å². The average molecular weight is 796 g/mol. The van der Waals surface area contributed by atoms with E-state index in [0.29, 0.717) is 17.5 Å². The molecular weight excluding hydrogens is 759 g/mol. The molecule has 0 N–H and O–H groups in total. The van der Waals surface area contributed by atoms with Gasteiger partial charge in [0.25, 0.3) is 0 Å². The average Bonchev–Trinajstić information content (AvgIpc) is 3.73. The van der Waals surface area contributed by atoms with Gasteiger partial charge in [-0.15, -0.1) is 11.3 Å². The van der Waals surface area contributed by atoms with E-state index in [0.717, 1.165) is 38.8 Å². The highest BCUT2D eigenvalue weighted by molar-refractivity contribution is 7.26. The summed E-state index contributed by atoms with van der Waals surface area (Å²) in [7, 11) is 0. The van der Waals surface area contributed by atoms with E-state index in [1.54, 1.807) is 11.3 Å². The molecule has 0 saturated heterocycles. The molecule has 4 heteroatoms. The Morgan fingerprint density at radius 3 is 1.41 bits per heavy atom. The molecule has 3 nitrogen and oxygen atoms in total. The van der Waals surface area contributed by atoms with Crippen LogP contribution in [0.5, 0.6) is 0 Å². The zero-order chi connectivity index (χ0) is 40.5. The Hall–Kier alpha value is -7.79. The summed E-state index contributed by atoms with van der Waals surface area (Å²) in [6, 6.07) is 79.5. The van der Waals surface area contributed by atoms with Crippen LogP contribution in [0.25, 0.3) is 110 Å². The van der Waals surface area contributed by atoms with Crippen LogP contribution in [0.15, 0.2) is 224 Å². The molecule has 2 aromatic heterocycles. The van der Waals surface area contributed by atoms with Crippen molar-refractivity contribution in [3.63, 3.8) is 0 Å². The molecule has 0 saturated carbocycles. The maximum Gasteiger partial charge on any atom is 0.164 e. The second-order valence-corrected chi connectivity index (χ2v) is 16.3. The van der Waals surface area contributed by atoms with E-state index < -0.39 is 0 Å². The van der Waals surface area contributed by atoms with Gasteiger partial charge >= 0.3 is 0 Å². The van der Waals surface area contributed by atoms with Crippen molar-refractivity contribution in [2.45, 2.75) is 0 Å². The van der Waals surface area contributed by atoms with E-state index in [4.69, 9.17) is 15.0 Å². The quantitative estimate of drug-likeness (QED) is 0.154. The van der Waals surface area contributed by atoms with Crippen LogP contribution in [0, 0.1) is 0 Å². The molecule has 0 radical (unpaired) electrons. The lowest BCUT2D eigenvalue weighted by atomic mass is 9.90. The van der Waals surface area contributed by atoms with E-state index >= 15 is 0 Å². The van der Waals surface area contributed by atoms with Crippen LogP contribution in [-0.4, -0.2) is 15.0 Å². The molecule has 0 aliphatic carbocycles. The zero-order valence-electron chi connectivity index (χ0n) is 33.1. The molecule has 286 valence electrons. The first-order valence-electron chi connectivity index (χ1n) is 20.5. The minimum atomic E-state index is 0.640. The van der Waals surface area contributed by atoms with Gasteiger partial charge in [-0.2, -0.15) is 0 Å². The highest BCUT2D eigenvalue weighted by Gasteiger charge is 2.19. The molecule has 9 aromatic carbocycles. The Morgan fingerprint density at radius 2 is 0.721 bits per heavy atom. The molecule has 0 bridgehead atoms. The number of rotatable bonds is 8. The first-order valence-corrected chi connectivity index (χ1v) is 21.3. The smallest absolute Gasteiger partial charge is 0.164 e. The predicted octanol–water partition coefficient (Wildman–Crippen LogP) is 15.6. The zero-order valence-corrected chi connectivity index (χ0v) is 33.9. The standard InChI is InChI=1S/C57H37N3S/c1-5-15-38(16-6-1)40-27-29-41(30-28-40)45-31-33-48(50(36-45)42-19-9-3-10-20-42)46-32-34-52-51(37-46)54-49(25-14-26-53(54)61-52)57-59-55(43-21-11-4-12-22-43)58-56(60-57)47-24-13-23-44(35-47)39-17-7-2-8-18-39/h1-37H. The van der Waals surface area contributed by atoms with E-state index in [1.807, 2.05) is 24.3 Å². The monoisotopic (exact) mass is 795 g/mol. The van der Waals surface area contributed by atoms with Gasteiger partial charge in [-0.25, -0.2) is 15.0 Å². The molecule has 11 rings (SSSR count). The lowest BCUT2D eigenvalue weighted by Gasteiger charge is -2.14. The van der Waals surface area contributed by atoms with Crippen molar-refractivity contribution in [3.05, 3.63) is 224 Å². The number of benzene rings is 9. The highest BCUT2D eigenvalue weighted by Crippen LogP contribution is 2.43. The molecule has 0 unspecified atom stereocenters. The van der Waals surface area contributed by atoms with Crippen LogP contribution in [0.1, 0.15) is 0 Å². The lowest BCUT2D eigenvalue weighted by Crippen LogP contribution is -2.00. The maximum absolute atomic E-state index is 5.25. The Kier molecular flexibility index (Phi) is 9.38. The van der Waals surface area contributed by atoms with Crippen molar-refractivity contribution in [2.24, 2.45) is 0 Å². The number of hydrogen-bond acceptors (Lipinski definition) is 4. The third-order valence-electron chi connectivity index (χ3n) is 11.4. The van der Waals surface area contributed by atoms with Gasteiger partial charge in [-0.3, -0.25) is 0 Å². The molecule has 0 aliphatic heterocycles. The molecule has 11 aromatic rings. The number of fused-ring (bicyclic) bond motifs is 3. The summed E-state index contributed by atoms with van der Waals surface area (Å²) < 4.78 is 2.41. The van der Waals surface area contributed by atoms with E-state index in [2.05, 4.69) is 200 Å². The SMILES string of the molecule is c1ccc(-c2ccc(-c3ccc(-c4ccc5sc6cccc(-c7nc(-c8ccccc8)nc(-c8cccc(-c9ccccc9)c8)n7)c6c5c4)c(-c4ccccc4)c3)cc2)cc1. The molecule has 0 atom stereocenters. The number of thiophene rings is 1. The molecule has 2 heterocycles. The topological polar surface area (TPSA) is 38.7 Å². The van der Waals surface area contributed by atoms with Gasteiger partial charge in [0.15, 0.2) is 17.5 Å². The van der Waals surface area contributed by atoms with E-state index in [9.17, 15) is 0 Å². The fourth-order valence-corrected chi connectivity index (χ4v) is 9.42. The van der Waals surface area contributed by atoms with Crippen LogP contribution in [0.3, 0.4) is 0 Å². The Bertz CT molecular complexity index is 3320. The Balaban J connectivity index is 1.05. The summed E-state index contributed by atoms with van der Waals surface area (Å²) >= 11 is 1.80. The minimum absolute atomic E-state index is 0.640. The third-order valence-corrected chi connectivity index (χ3v) is 12.5. The van der Waals surface area contributed by atoms with Gasteiger partial charge in [0.2, 0.25) is 0 Å². The fourth-order valence-electron chi connectivity index (χ4n) is 8.31.